The topological polar surface area (TPSA) is 75.3 Å². The number of hydrogen-bond acceptors (Lipinski definition) is 3. The molecular formula is C15H13BrN2O3S. The van der Waals surface area contributed by atoms with Crippen molar-refractivity contribution in [2.24, 2.45) is 0 Å². The molecule has 7 heteroatoms. The number of halogens is 1. The molecule has 1 unspecified atom stereocenters. The molecule has 5 nitrogen and oxygen atoms in total. The number of benzene rings is 2. The molecule has 1 atom stereocenters. The molecule has 1 aliphatic heterocycles. The molecule has 114 valence electrons. The van der Waals surface area contributed by atoms with Crippen molar-refractivity contribution >= 4 is 43.2 Å². The maximum atomic E-state index is 12.3. The second-order valence-corrected chi connectivity index (χ2v) is 7.67. The van der Waals surface area contributed by atoms with Crippen molar-refractivity contribution in [3.63, 3.8) is 0 Å². The second kappa shape index (κ2) is 5.40. The van der Waals surface area contributed by atoms with Gasteiger partial charge in [-0.25, -0.2) is 8.42 Å². The number of nitrogens with one attached hydrogen (secondary N) is 2. The lowest BCUT2D eigenvalue weighted by Crippen LogP contribution is -2.13. The highest BCUT2D eigenvalue weighted by Gasteiger charge is 2.27. The molecule has 0 aromatic heterocycles. The van der Waals surface area contributed by atoms with Crippen molar-refractivity contribution in [3.05, 3.63) is 52.5 Å². The Balaban J connectivity index is 1.91. The zero-order valence-corrected chi connectivity index (χ0v) is 14.0. The van der Waals surface area contributed by atoms with Gasteiger partial charge in [0.25, 0.3) is 10.0 Å². The zero-order chi connectivity index (χ0) is 15.9. The van der Waals surface area contributed by atoms with E-state index in [0.717, 1.165) is 15.7 Å². The summed E-state index contributed by atoms with van der Waals surface area (Å²) in [7, 11) is -3.65. The van der Waals surface area contributed by atoms with Crippen molar-refractivity contribution < 1.29 is 13.2 Å². The summed E-state index contributed by atoms with van der Waals surface area (Å²) in [5, 5.41) is 2.75. The first-order valence-corrected chi connectivity index (χ1v) is 8.87. The van der Waals surface area contributed by atoms with Crippen LogP contribution in [0.1, 0.15) is 18.4 Å². The van der Waals surface area contributed by atoms with Crippen LogP contribution >= 0.6 is 15.9 Å². The van der Waals surface area contributed by atoms with Crippen molar-refractivity contribution in [3.8, 4) is 0 Å². The fraction of sp³-hybridized carbons (Fsp3) is 0.133. The number of sulfonamides is 1. The minimum Gasteiger partial charge on any atom is -0.325 e. The zero-order valence-electron chi connectivity index (χ0n) is 11.6. The molecule has 1 amide bonds. The predicted octanol–water partition coefficient (Wildman–Crippen LogP) is 3.31. The molecule has 3 rings (SSSR count). The van der Waals surface area contributed by atoms with Gasteiger partial charge < -0.3 is 5.32 Å². The SMILES string of the molecule is CC1C(=O)Nc2ccc(NS(=O)(=O)c3ccc(Br)cc3)cc21. The molecule has 0 bridgehead atoms. The minimum absolute atomic E-state index is 0.0806. The summed E-state index contributed by atoms with van der Waals surface area (Å²) in [6.07, 6.45) is 0. The monoisotopic (exact) mass is 380 g/mol. The molecule has 0 spiro atoms. The van der Waals surface area contributed by atoms with Crippen LogP contribution in [0.4, 0.5) is 11.4 Å². The van der Waals surface area contributed by atoms with Crippen LogP contribution in [0.15, 0.2) is 51.8 Å². The molecule has 0 fully saturated rings. The predicted molar refractivity (Wildman–Crippen MR) is 88.4 cm³/mol. The Morgan fingerprint density at radius 2 is 1.82 bits per heavy atom. The van der Waals surface area contributed by atoms with E-state index in [9.17, 15) is 13.2 Å². The normalized spacial score (nSPS) is 17.0. The van der Waals surface area contributed by atoms with Gasteiger partial charge in [0.05, 0.1) is 10.8 Å². The fourth-order valence-electron chi connectivity index (χ4n) is 2.31. The number of hydrogen-bond donors (Lipinski definition) is 2. The van der Waals surface area contributed by atoms with E-state index in [1.54, 1.807) is 37.3 Å². The highest BCUT2D eigenvalue weighted by molar-refractivity contribution is 9.10. The van der Waals surface area contributed by atoms with Gasteiger partial charge in [-0.05, 0) is 55.0 Å². The van der Waals surface area contributed by atoms with Gasteiger partial charge in [0, 0.05) is 15.8 Å². The quantitative estimate of drug-likeness (QED) is 0.857. The second-order valence-electron chi connectivity index (χ2n) is 5.07. The number of rotatable bonds is 3. The number of carbonyl (C=O) groups is 1. The highest BCUT2D eigenvalue weighted by Crippen LogP contribution is 2.34. The summed E-state index contributed by atoms with van der Waals surface area (Å²) in [6.45, 7) is 1.79. The third-order valence-corrected chi connectivity index (χ3v) is 5.47. The Kier molecular flexibility index (Phi) is 3.70. The van der Waals surface area contributed by atoms with Crippen LogP contribution in [0.5, 0.6) is 0 Å². The lowest BCUT2D eigenvalue weighted by molar-refractivity contribution is -0.116. The van der Waals surface area contributed by atoms with Gasteiger partial charge in [0.1, 0.15) is 0 Å². The molecule has 1 aliphatic rings. The third-order valence-electron chi connectivity index (χ3n) is 3.55. The van der Waals surface area contributed by atoms with Crippen LogP contribution in [-0.2, 0) is 14.8 Å². The molecule has 0 saturated heterocycles. The minimum atomic E-state index is -3.65. The Hall–Kier alpha value is -1.86. The van der Waals surface area contributed by atoms with E-state index in [4.69, 9.17) is 0 Å². The van der Waals surface area contributed by atoms with Crippen LogP contribution in [-0.4, -0.2) is 14.3 Å². The van der Waals surface area contributed by atoms with Crippen LogP contribution in [0.3, 0.4) is 0 Å². The number of anilines is 2. The van der Waals surface area contributed by atoms with Crippen LogP contribution in [0, 0.1) is 0 Å². The first-order valence-electron chi connectivity index (χ1n) is 6.60. The molecule has 2 N–H and O–H groups in total. The van der Waals surface area contributed by atoms with Crippen LogP contribution in [0.2, 0.25) is 0 Å². The average Bonchev–Trinajstić information content (AvgIpc) is 2.74. The Labute approximate surface area is 136 Å². The maximum Gasteiger partial charge on any atom is 0.261 e. The van der Waals surface area contributed by atoms with Crippen molar-refractivity contribution in [2.45, 2.75) is 17.7 Å². The van der Waals surface area contributed by atoms with Gasteiger partial charge in [0.15, 0.2) is 0 Å². The van der Waals surface area contributed by atoms with Crippen LogP contribution < -0.4 is 10.0 Å². The van der Waals surface area contributed by atoms with Gasteiger partial charge in [-0.3, -0.25) is 9.52 Å². The Morgan fingerprint density at radius 3 is 2.50 bits per heavy atom. The van der Waals surface area contributed by atoms with E-state index < -0.39 is 10.0 Å². The van der Waals surface area contributed by atoms with Gasteiger partial charge in [-0.15, -0.1) is 0 Å². The fourth-order valence-corrected chi connectivity index (χ4v) is 3.62. The summed E-state index contributed by atoms with van der Waals surface area (Å²) >= 11 is 3.27. The van der Waals surface area contributed by atoms with Crippen molar-refractivity contribution in [1.82, 2.24) is 0 Å². The van der Waals surface area contributed by atoms with Crippen molar-refractivity contribution in [1.29, 1.82) is 0 Å². The third kappa shape index (κ3) is 2.74. The smallest absolute Gasteiger partial charge is 0.261 e. The van der Waals surface area contributed by atoms with Crippen LogP contribution in [0.25, 0.3) is 0 Å². The average molecular weight is 381 g/mol. The van der Waals surface area contributed by atoms with Gasteiger partial charge in [-0.2, -0.15) is 0 Å². The molecule has 2 aromatic carbocycles. The number of carbonyl (C=O) groups excluding carboxylic acids is 1. The van der Waals surface area contributed by atoms with E-state index in [0.29, 0.717) is 5.69 Å². The number of amides is 1. The van der Waals surface area contributed by atoms with E-state index in [2.05, 4.69) is 26.0 Å². The van der Waals surface area contributed by atoms with E-state index in [1.165, 1.54) is 12.1 Å². The van der Waals surface area contributed by atoms with E-state index in [1.807, 2.05) is 0 Å². The van der Waals surface area contributed by atoms with E-state index >= 15 is 0 Å². The van der Waals surface area contributed by atoms with Crippen molar-refractivity contribution in [2.75, 3.05) is 10.0 Å². The molecular weight excluding hydrogens is 368 g/mol. The molecule has 0 radical (unpaired) electrons. The van der Waals surface area contributed by atoms with E-state index in [-0.39, 0.29) is 16.7 Å². The molecule has 1 heterocycles. The first kappa shape index (κ1) is 15.1. The molecule has 2 aromatic rings. The summed E-state index contributed by atoms with van der Waals surface area (Å²) in [5.74, 6) is -0.366. The lowest BCUT2D eigenvalue weighted by atomic mass is 10.0. The Bertz CT molecular complexity index is 848. The highest BCUT2D eigenvalue weighted by atomic mass is 79.9. The number of fused-ring (bicyclic) bond motifs is 1. The first-order chi connectivity index (χ1) is 10.4. The largest absolute Gasteiger partial charge is 0.325 e. The van der Waals surface area contributed by atoms with Gasteiger partial charge >= 0.3 is 0 Å². The molecule has 0 aliphatic carbocycles. The summed E-state index contributed by atoms with van der Waals surface area (Å²) in [6, 6.07) is 11.4. The summed E-state index contributed by atoms with van der Waals surface area (Å²) in [4.78, 5) is 11.8. The molecule has 22 heavy (non-hydrogen) atoms. The maximum absolute atomic E-state index is 12.3. The molecule has 0 saturated carbocycles. The standard InChI is InChI=1S/C15H13BrN2O3S/c1-9-13-8-11(4-7-14(13)17-15(9)19)18-22(20,21)12-5-2-10(16)3-6-12/h2-9,18H,1H3,(H,17,19). The summed E-state index contributed by atoms with van der Waals surface area (Å²) in [5.41, 5.74) is 1.95. The van der Waals surface area contributed by atoms with Gasteiger partial charge in [-0.1, -0.05) is 15.9 Å². The Morgan fingerprint density at radius 1 is 1.14 bits per heavy atom. The summed E-state index contributed by atoms with van der Waals surface area (Å²) < 4.78 is 28.0. The van der Waals surface area contributed by atoms with Gasteiger partial charge in [0.2, 0.25) is 5.91 Å². The lowest BCUT2D eigenvalue weighted by Gasteiger charge is -2.10.